The molecule has 2 aromatic heterocycles. The van der Waals surface area contributed by atoms with Crippen LogP contribution in [-0.2, 0) is 0 Å². The van der Waals surface area contributed by atoms with Gasteiger partial charge in [0.25, 0.3) is 0 Å². The lowest BCUT2D eigenvalue weighted by atomic mass is 10.2. The SMILES string of the molecule is CCC(C)Nc1ncnc(Nc2cccc(C)n2)c1[N+](=O)[O-]. The summed E-state index contributed by atoms with van der Waals surface area (Å²) in [5.41, 5.74) is 0.616. The third kappa shape index (κ3) is 3.66. The van der Waals surface area contributed by atoms with E-state index in [1.54, 1.807) is 6.07 Å². The minimum Gasteiger partial charge on any atom is -0.362 e. The second-order valence-corrected chi connectivity index (χ2v) is 4.92. The van der Waals surface area contributed by atoms with Crippen LogP contribution in [0.1, 0.15) is 26.0 Å². The molecule has 22 heavy (non-hydrogen) atoms. The Balaban J connectivity index is 2.38. The summed E-state index contributed by atoms with van der Waals surface area (Å²) in [5.74, 6) is 0.810. The number of aromatic nitrogens is 3. The van der Waals surface area contributed by atoms with Crippen LogP contribution in [0.2, 0.25) is 0 Å². The Morgan fingerprint density at radius 2 is 2.05 bits per heavy atom. The van der Waals surface area contributed by atoms with Crippen LogP contribution in [0.4, 0.5) is 23.1 Å². The Labute approximate surface area is 128 Å². The largest absolute Gasteiger partial charge is 0.362 e. The van der Waals surface area contributed by atoms with Gasteiger partial charge < -0.3 is 10.6 Å². The Morgan fingerprint density at radius 1 is 1.32 bits per heavy atom. The lowest BCUT2D eigenvalue weighted by Gasteiger charge is -2.13. The van der Waals surface area contributed by atoms with Crippen LogP contribution in [0, 0.1) is 17.0 Å². The standard InChI is InChI=1S/C14H18N6O2/c1-4-9(2)18-13-12(20(21)22)14(16-8-15-13)19-11-7-5-6-10(3)17-11/h5-9H,4H2,1-3H3,(H2,15,16,17,18,19). The topological polar surface area (TPSA) is 106 Å². The van der Waals surface area contributed by atoms with Crippen molar-refractivity contribution in [3.8, 4) is 0 Å². The van der Waals surface area contributed by atoms with Gasteiger partial charge in [0.15, 0.2) is 0 Å². The molecule has 0 spiro atoms. The Bertz CT molecular complexity index is 676. The van der Waals surface area contributed by atoms with Gasteiger partial charge >= 0.3 is 5.69 Å². The van der Waals surface area contributed by atoms with E-state index < -0.39 is 4.92 Å². The molecule has 1 unspecified atom stereocenters. The third-order valence-electron chi connectivity index (χ3n) is 3.14. The summed E-state index contributed by atoms with van der Waals surface area (Å²) >= 11 is 0. The van der Waals surface area contributed by atoms with Crippen LogP contribution in [0.25, 0.3) is 0 Å². The van der Waals surface area contributed by atoms with E-state index in [1.165, 1.54) is 6.33 Å². The maximum atomic E-state index is 11.4. The maximum Gasteiger partial charge on any atom is 0.353 e. The molecule has 0 radical (unpaired) electrons. The number of hydrogen-bond acceptors (Lipinski definition) is 7. The van der Waals surface area contributed by atoms with Gasteiger partial charge in [0, 0.05) is 11.7 Å². The average molecular weight is 302 g/mol. The maximum absolute atomic E-state index is 11.4. The zero-order valence-electron chi connectivity index (χ0n) is 12.7. The first-order chi connectivity index (χ1) is 10.5. The first kappa shape index (κ1) is 15.6. The lowest BCUT2D eigenvalue weighted by Crippen LogP contribution is -2.16. The molecule has 2 heterocycles. The van der Waals surface area contributed by atoms with Crippen LogP contribution < -0.4 is 10.6 Å². The molecule has 0 aromatic carbocycles. The summed E-state index contributed by atoms with van der Waals surface area (Å²) < 4.78 is 0. The van der Waals surface area contributed by atoms with E-state index in [0.29, 0.717) is 5.82 Å². The van der Waals surface area contributed by atoms with E-state index >= 15 is 0 Å². The number of nitrogens with zero attached hydrogens (tertiary/aromatic N) is 4. The Morgan fingerprint density at radius 3 is 2.68 bits per heavy atom. The van der Waals surface area contributed by atoms with Crippen molar-refractivity contribution in [1.82, 2.24) is 15.0 Å². The minimum atomic E-state index is -0.497. The van der Waals surface area contributed by atoms with Gasteiger partial charge in [0.1, 0.15) is 12.1 Å². The predicted octanol–water partition coefficient (Wildman–Crippen LogP) is 3.04. The molecule has 0 aliphatic rings. The van der Waals surface area contributed by atoms with Crippen LogP contribution in [0.15, 0.2) is 24.5 Å². The van der Waals surface area contributed by atoms with Gasteiger partial charge in [-0.25, -0.2) is 15.0 Å². The highest BCUT2D eigenvalue weighted by Gasteiger charge is 2.24. The predicted molar refractivity (Wildman–Crippen MR) is 84.3 cm³/mol. The number of hydrogen-bond donors (Lipinski definition) is 2. The molecule has 0 amide bonds. The van der Waals surface area contributed by atoms with Crippen LogP contribution in [0.5, 0.6) is 0 Å². The van der Waals surface area contributed by atoms with Gasteiger partial charge in [-0.05, 0) is 32.4 Å². The van der Waals surface area contributed by atoms with E-state index in [-0.39, 0.29) is 23.4 Å². The summed E-state index contributed by atoms with van der Waals surface area (Å²) in [7, 11) is 0. The summed E-state index contributed by atoms with van der Waals surface area (Å²) in [6.45, 7) is 5.76. The van der Waals surface area contributed by atoms with E-state index in [1.807, 2.05) is 32.9 Å². The van der Waals surface area contributed by atoms with Crippen LogP contribution in [-0.4, -0.2) is 25.9 Å². The third-order valence-corrected chi connectivity index (χ3v) is 3.14. The fraction of sp³-hybridized carbons (Fsp3) is 0.357. The van der Waals surface area contributed by atoms with Gasteiger partial charge in [-0.3, -0.25) is 10.1 Å². The average Bonchev–Trinajstić information content (AvgIpc) is 2.47. The van der Waals surface area contributed by atoms with Gasteiger partial charge in [-0.2, -0.15) is 0 Å². The van der Waals surface area contributed by atoms with Crippen molar-refractivity contribution in [3.63, 3.8) is 0 Å². The zero-order valence-corrected chi connectivity index (χ0v) is 12.7. The van der Waals surface area contributed by atoms with E-state index in [0.717, 1.165) is 12.1 Å². The lowest BCUT2D eigenvalue weighted by molar-refractivity contribution is -0.383. The van der Waals surface area contributed by atoms with Crippen molar-refractivity contribution in [2.75, 3.05) is 10.6 Å². The normalized spacial score (nSPS) is 11.8. The van der Waals surface area contributed by atoms with E-state index in [4.69, 9.17) is 0 Å². The summed E-state index contributed by atoms with van der Waals surface area (Å²) in [5, 5.41) is 17.3. The molecular formula is C14H18N6O2. The molecule has 8 heteroatoms. The minimum absolute atomic E-state index is 0.0681. The van der Waals surface area contributed by atoms with Crippen molar-refractivity contribution in [3.05, 3.63) is 40.3 Å². The second-order valence-electron chi connectivity index (χ2n) is 4.92. The molecule has 0 aliphatic heterocycles. The quantitative estimate of drug-likeness (QED) is 0.624. The first-order valence-corrected chi connectivity index (χ1v) is 6.97. The van der Waals surface area contributed by atoms with E-state index in [9.17, 15) is 10.1 Å². The highest BCUT2D eigenvalue weighted by molar-refractivity contribution is 5.72. The Hall–Kier alpha value is -2.77. The van der Waals surface area contributed by atoms with Crippen molar-refractivity contribution in [1.29, 1.82) is 0 Å². The van der Waals surface area contributed by atoms with Crippen molar-refractivity contribution >= 4 is 23.1 Å². The van der Waals surface area contributed by atoms with Gasteiger partial charge in [0.2, 0.25) is 11.6 Å². The number of nitrogens with one attached hydrogen (secondary N) is 2. The van der Waals surface area contributed by atoms with E-state index in [2.05, 4.69) is 25.6 Å². The molecule has 8 nitrogen and oxygen atoms in total. The van der Waals surface area contributed by atoms with Gasteiger partial charge in [0.05, 0.1) is 4.92 Å². The molecule has 2 rings (SSSR count). The zero-order chi connectivity index (χ0) is 16.1. The highest BCUT2D eigenvalue weighted by atomic mass is 16.6. The number of nitro groups is 1. The number of anilines is 3. The fourth-order valence-electron chi connectivity index (χ4n) is 1.82. The monoisotopic (exact) mass is 302 g/mol. The summed E-state index contributed by atoms with van der Waals surface area (Å²) in [4.78, 5) is 23.1. The first-order valence-electron chi connectivity index (χ1n) is 6.97. The number of rotatable bonds is 6. The number of pyridine rings is 1. The molecule has 0 aliphatic carbocycles. The van der Waals surface area contributed by atoms with Gasteiger partial charge in [-0.1, -0.05) is 13.0 Å². The molecule has 0 saturated carbocycles. The molecule has 1 atom stereocenters. The molecule has 2 N–H and O–H groups in total. The van der Waals surface area contributed by atoms with Crippen LogP contribution >= 0.6 is 0 Å². The molecule has 0 saturated heterocycles. The summed E-state index contributed by atoms with van der Waals surface area (Å²) in [6.07, 6.45) is 2.11. The molecule has 2 aromatic rings. The Kier molecular flexibility index (Phi) is 4.82. The fourth-order valence-corrected chi connectivity index (χ4v) is 1.82. The highest BCUT2D eigenvalue weighted by Crippen LogP contribution is 2.31. The van der Waals surface area contributed by atoms with Crippen molar-refractivity contribution < 1.29 is 4.92 Å². The van der Waals surface area contributed by atoms with Crippen LogP contribution in [0.3, 0.4) is 0 Å². The van der Waals surface area contributed by atoms with Gasteiger partial charge in [-0.15, -0.1) is 0 Å². The second kappa shape index (κ2) is 6.79. The van der Waals surface area contributed by atoms with Crippen molar-refractivity contribution in [2.45, 2.75) is 33.2 Å². The molecular weight excluding hydrogens is 284 g/mol. The van der Waals surface area contributed by atoms with Crippen molar-refractivity contribution in [2.24, 2.45) is 0 Å². The molecule has 116 valence electrons. The molecule has 0 bridgehead atoms. The summed E-state index contributed by atoms with van der Waals surface area (Å²) in [6, 6.07) is 5.45. The number of aryl methyl sites for hydroxylation is 1. The molecule has 0 fully saturated rings. The smallest absolute Gasteiger partial charge is 0.353 e.